The number of aliphatic hydroxyl groups is 1. The predicted molar refractivity (Wildman–Crippen MR) is 72.7 cm³/mol. The van der Waals surface area contributed by atoms with E-state index in [9.17, 15) is 13.9 Å². The van der Waals surface area contributed by atoms with Crippen LogP contribution in [-0.2, 0) is 0 Å². The van der Waals surface area contributed by atoms with Crippen LogP contribution in [-0.4, -0.2) is 29.4 Å². The summed E-state index contributed by atoms with van der Waals surface area (Å²) in [4.78, 5) is 0. The van der Waals surface area contributed by atoms with E-state index in [1.165, 1.54) is 12.1 Å². The molecule has 3 nitrogen and oxygen atoms in total. The Labute approximate surface area is 117 Å². The molecule has 112 valence electrons. The van der Waals surface area contributed by atoms with Gasteiger partial charge in [0.05, 0.1) is 6.61 Å². The first-order valence-corrected chi connectivity index (χ1v) is 6.95. The van der Waals surface area contributed by atoms with E-state index >= 15 is 0 Å². The number of halogens is 2. The Morgan fingerprint density at radius 2 is 2.20 bits per heavy atom. The molecule has 1 aromatic carbocycles. The Kier molecular flexibility index (Phi) is 4.60. The van der Waals surface area contributed by atoms with Crippen LogP contribution in [0, 0.1) is 11.6 Å². The Balaban J connectivity index is 2.04. The number of aliphatic hydroxyl groups excluding tert-OH is 1. The van der Waals surface area contributed by atoms with Gasteiger partial charge in [0.1, 0.15) is 6.10 Å². The van der Waals surface area contributed by atoms with Crippen molar-refractivity contribution in [3.8, 4) is 5.75 Å². The second kappa shape index (κ2) is 6.06. The Hall–Kier alpha value is -1.20. The summed E-state index contributed by atoms with van der Waals surface area (Å²) >= 11 is 0. The van der Waals surface area contributed by atoms with Gasteiger partial charge in [0.25, 0.3) is 0 Å². The summed E-state index contributed by atoms with van der Waals surface area (Å²) in [5.74, 6) is -1.92. The second-order valence-electron chi connectivity index (χ2n) is 5.77. The highest BCUT2D eigenvalue weighted by molar-refractivity contribution is 5.25. The number of ether oxygens (including phenoxy) is 1. The number of hydrogen-bond donors (Lipinski definition) is 2. The van der Waals surface area contributed by atoms with E-state index < -0.39 is 11.6 Å². The molecule has 0 bridgehead atoms. The maximum Gasteiger partial charge on any atom is 0.200 e. The van der Waals surface area contributed by atoms with Crippen LogP contribution in [0.15, 0.2) is 18.2 Å². The van der Waals surface area contributed by atoms with Gasteiger partial charge < -0.3 is 15.2 Å². The van der Waals surface area contributed by atoms with Gasteiger partial charge in [0, 0.05) is 18.0 Å². The van der Waals surface area contributed by atoms with Crippen molar-refractivity contribution in [2.75, 3.05) is 6.61 Å². The summed E-state index contributed by atoms with van der Waals surface area (Å²) in [5, 5.41) is 12.9. The van der Waals surface area contributed by atoms with Crippen molar-refractivity contribution in [1.82, 2.24) is 5.32 Å². The molecule has 2 unspecified atom stereocenters. The molecule has 20 heavy (non-hydrogen) atoms. The number of hydrogen-bond acceptors (Lipinski definition) is 3. The molecule has 2 N–H and O–H groups in total. The van der Waals surface area contributed by atoms with E-state index in [2.05, 4.69) is 5.32 Å². The molecule has 1 fully saturated rings. The molecule has 0 aliphatic heterocycles. The minimum Gasteiger partial charge on any atom is -0.487 e. The lowest BCUT2D eigenvalue weighted by Crippen LogP contribution is -2.50. The van der Waals surface area contributed by atoms with Crippen LogP contribution < -0.4 is 10.1 Å². The fourth-order valence-corrected chi connectivity index (χ4v) is 2.87. The van der Waals surface area contributed by atoms with Crippen molar-refractivity contribution in [3.05, 3.63) is 29.8 Å². The fraction of sp³-hybridized carbons (Fsp3) is 0.600. The number of benzene rings is 1. The SMILES string of the molecule is CC(C)NC1(CO)CCC(Oc2cccc(F)c2F)C1. The average molecular weight is 285 g/mol. The highest BCUT2D eigenvalue weighted by atomic mass is 19.2. The van der Waals surface area contributed by atoms with E-state index in [1.54, 1.807) is 0 Å². The van der Waals surface area contributed by atoms with Gasteiger partial charge in [0.15, 0.2) is 11.6 Å². The number of rotatable bonds is 5. The van der Waals surface area contributed by atoms with E-state index in [-0.39, 0.29) is 30.0 Å². The highest BCUT2D eigenvalue weighted by Gasteiger charge is 2.40. The first-order chi connectivity index (χ1) is 9.46. The average Bonchev–Trinajstić information content (AvgIpc) is 2.78. The Morgan fingerprint density at radius 1 is 1.45 bits per heavy atom. The predicted octanol–water partition coefficient (Wildman–Crippen LogP) is 2.63. The largest absolute Gasteiger partial charge is 0.487 e. The van der Waals surface area contributed by atoms with E-state index in [1.807, 2.05) is 13.8 Å². The zero-order chi connectivity index (χ0) is 14.8. The topological polar surface area (TPSA) is 41.5 Å². The third kappa shape index (κ3) is 3.27. The second-order valence-corrected chi connectivity index (χ2v) is 5.77. The summed E-state index contributed by atoms with van der Waals surface area (Å²) in [6.45, 7) is 4.03. The van der Waals surface area contributed by atoms with Crippen LogP contribution in [0.4, 0.5) is 8.78 Å². The van der Waals surface area contributed by atoms with Crippen LogP contribution in [0.1, 0.15) is 33.1 Å². The van der Waals surface area contributed by atoms with Gasteiger partial charge in [-0.15, -0.1) is 0 Å². The monoisotopic (exact) mass is 285 g/mol. The van der Waals surface area contributed by atoms with Crippen LogP contribution >= 0.6 is 0 Å². The molecule has 0 aromatic heterocycles. The molecular formula is C15H21F2NO2. The van der Waals surface area contributed by atoms with Gasteiger partial charge in [0.2, 0.25) is 5.82 Å². The van der Waals surface area contributed by atoms with E-state index in [4.69, 9.17) is 4.74 Å². The van der Waals surface area contributed by atoms with Crippen molar-refractivity contribution in [2.45, 2.75) is 50.8 Å². The van der Waals surface area contributed by atoms with E-state index in [0.29, 0.717) is 12.8 Å². The summed E-state index contributed by atoms with van der Waals surface area (Å²) in [7, 11) is 0. The summed E-state index contributed by atoms with van der Waals surface area (Å²) in [6.07, 6.45) is 1.82. The van der Waals surface area contributed by atoms with Gasteiger partial charge in [-0.05, 0) is 25.0 Å². The van der Waals surface area contributed by atoms with Crippen LogP contribution in [0.2, 0.25) is 0 Å². The summed E-state index contributed by atoms with van der Waals surface area (Å²) in [6, 6.07) is 4.16. The zero-order valence-corrected chi connectivity index (χ0v) is 11.8. The van der Waals surface area contributed by atoms with Gasteiger partial charge in [-0.25, -0.2) is 4.39 Å². The molecule has 5 heteroatoms. The molecule has 0 amide bonds. The lowest BCUT2D eigenvalue weighted by molar-refractivity contribution is 0.131. The lowest BCUT2D eigenvalue weighted by atomic mass is 9.97. The third-order valence-corrected chi connectivity index (χ3v) is 3.67. The molecular weight excluding hydrogens is 264 g/mol. The molecule has 0 saturated heterocycles. The van der Waals surface area contributed by atoms with Gasteiger partial charge in [-0.1, -0.05) is 19.9 Å². The summed E-state index contributed by atoms with van der Waals surface area (Å²) < 4.78 is 32.3. The smallest absolute Gasteiger partial charge is 0.200 e. The molecule has 1 aromatic rings. The van der Waals surface area contributed by atoms with Gasteiger partial charge >= 0.3 is 0 Å². The maximum absolute atomic E-state index is 13.6. The first kappa shape index (κ1) is 15.2. The maximum atomic E-state index is 13.6. The zero-order valence-electron chi connectivity index (χ0n) is 11.8. The normalized spacial score (nSPS) is 26.2. The molecule has 2 atom stereocenters. The molecule has 1 saturated carbocycles. The minimum atomic E-state index is -0.953. The van der Waals surface area contributed by atoms with Crippen molar-refractivity contribution >= 4 is 0 Å². The minimum absolute atomic E-state index is 0.0106. The quantitative estimate of drug-likeness (QED) is 0.874. The van der Waals surface area contributed by atoms with Crippen molar-refractivity contribution in [3.63, 3.8) is 0 Å². The molecule has 0 heterocycles. The van der Waals surface area contributed by atoms with Crippen molar-refractivity contribution < 1.29 is 18.6 Å². The van der Waals surface area contributed by atoms with E-state index in [0.717, 1.165) is 12.5 Å². The molecule has 0 radical (unpaired) electrons. The van der Waals surface area contributed by atoms with Gasteiger partial charge in [-0.3, -0.25) is 0 Å². The lowest BCUT2D eigenvalue weighted by Gasteiger charge is -2.30. The highest BCUT2D eigenvalue weighted by Crippen LogP contribution is 2.34. The van der Waals surface area contributed by atoms with Gasteiger partial charge in [-0.2, -0.15) is 4.39 Å². The van der Waals surface area contributed by atoms with Crippen LogP contribution in [0.25, 0.3) is 0 Å². The van der Waals surface area contributed by atoms with Crippen molar-refractivity contribution in [1.29, 1.82) is 0 Å². The summed E-state index contributed by atoms with van der Waals surface area (Å²) in [5.41, 5.74) is -0.386. The fourth-order valence-electron chi connectivity index (χ4n) is 2.87. The molecule has 2 rings (SSSR count). The number of nitrogens with one attached hydrogen (secondary N) is 1. The first-order valence-electron chi connectivity index (χ1n) is 6.95. The Bertz CT molecular complexity index is 467. The van der Waals surface area contributed by atoms with Crippen LogP contribution in [0.3, 0.4) is 0 Å². The standard InChI is InChI=1S/C15H21F2NO2/c1-10(2)18-15(9-19)7-6-11(8-15)20-13-5-3-4-12(16)14(13)17/h3-5,10-11,18-19H,6-9H2,1-2H3. The molecule has 1 aliphatic rings. The third-order valence-electron chi connectivity index (χ3n) is 3.67. The molecule has 1 aliphatic carbocycles. The van der Waals surface area contributed by atoms with Crippen molar-refractivity contribution in [2.24, 2.45) is 0 Å². The van der Waals surface area contributed by atoms with Crippen LogP contribution in [0.5, 0.6) is 5.75 Å². The Morgan fingerprint density at radius 3 is 2.85 bits per heavy atom. The molecule has 0 spiro atoms.